The van der Waals surface area contributed by atoms with Gasteiger partial charge < -0.3 is 15.1 Å². The Balaban J connectivity index is 1.39. The van der Waals surface area contributed by atoms with Crippen LogP contribution in [0.3, 0.4) is 0 Å². The summed E-state index contributed by atoms with van der Waals surface area (Å²) in [4.78, 5) is 15.1. The van der Waals surface area contributed by atoms with E-state index in [2.05, 4.69) is 78.4 Å². The number of halogens is 1. The third-order valence-electron chi connectivity index (χ3n) is 4.98. The molecule has 2 aromatic heterocycles. The molecular formula is C20H24BrN5S. The highest BCUT2D eigenvalue weighted by Crippen LogP contribution is 2.35. The molecule has 1 aliphatic rings. The summed E-state index contributed by atoms with van der Waals surface area (Å²) in [7, 11) is 2.20. The maximum absolute atomic E-state index is 4.48. The van der Waals surface area contributed by atoms with Crippen LogP contribution in [0.2, 0.25) is 0 Å². The smallest absolute Gasteiger partial charge is 0.147 e. The molecule has 0 spiro atoms. The quantitative estimate of drug-likeness (QED) is 0.576. The molecule has 1 saturated heterocycles. The van der Waals surface area contributed by atoms with E-state index >= 15 is 0 Å². The van der Waals surface area contributed by atoms with Gasteiger partial charge in [0.1, 0.15) is 12.1 Å². The summed E-state index contributed by atoms with van der Waals surface area (Å²) in [6.45, 7) is 6.78. The lowest BCUT2D eigenvalue weighted by atomic mass is 10.2. The lowest BCUT2D eigenvalue weighted by Crippen LogP contribution is -2.44. The number of nitrogens with one attached hydrogen (secondary N) is 1. The molecular weight excluding hydrogens is 422 g/mol. The second kappa shape index (κ2) is 8.65. The topological polar surface area (TPSA) is 44.3 Å². The Morgan fingerprint density at radius 2 is 1.89 bits per heavy atom. The summed E-state index contributed by atoms with van der Waals surface area (Å²) in [6, 6.07) is 10.6. The molecule has 0 unspecified atom stereocenters. The number of hydrogen-bond donors (Lipinski definition) is 1. The molecule has 1 N–H and O–H groups in total. The lowest BCUT2D eigenvalue weighted by Gasteiger charge is -2.32. The maximum atomic E-state index is 4.48. The minimum Gasteiger partial charge on any atom is -0.369 e. The second-order valence-electron chi connectivity index (χ2n) is 6.98. The number of piperazine rings is 1. The van der Waals surface area contributed by atoms with Crippen LogP contribution in [0, 0.1) is 0 Å². The van der Waals surface area contributed by atoms with Gasteiger partial charge >= 0.3 is 0 Å². The largest absolute Gasteiger partial charge is 0.369 e. The van der Waals surface area contributed by atoms with Crippen LogP contribution >= 0.6 is 27.3 Å². The van der Waals surface area contributed by atoms with Crippen molar-refractivity contribution in [3.63, 3.8) is 0 Å². The Morgan fingerprint density at radius 3 is 2.67 bits per heavy atom. The SMILES string of the molecule is CN1CCN(CCCNc2ncnc3cc(-c4ccc(Br)cc4)sc23)CC1. The summed E-state index contributed by atoms with van der Waals surface area (Å²) in [5.41, 5.74) is 2.22. The normalized spacial score (nSPS) is 16.1. The molecule has 7 heteroatoms. The minimum absolute atomic E-state index is 0.934. The highest BCUT2D eigenvalue weighted by atomic mass is 79.9. The molecule has 1 aliphatic heterocycles. The van der Waals surface area contributed by atoms with E-state index in [1.54, 1.807) is 17.7 Å². The Labute approximate surface area is 172 Å². The van der Waals surface area contributed by atoms with Crippen LogP contribution in [0.5, 0.6) is 0 Å². The number of aromatic nitrogens is 2. The molecule has 1 fully saturated rings. The number of fused-ring (bicyclic) bond motifs is 1. The van der Waals surface area contributed by atoms with Crippen molar-refractivity contribution in [1.82, 2.24) is 19.8 Å². The molecule has 0 aliphatic carbocycles. The molecule has 3 aromatic rings. The Morgan fingerprint density at radius 1 is 1.11 bits per heavy atom. The number of thiophene rings is 1. The average Bonchev–Trinajstić information content (AvgIpc) is 3.12. The highest BCUT2D eigenvalue weighted by molar-refractivity contribution is 9.10. The van der Waals surface area contributed by atoms with Gasteiger partial charge in [0.2, 0.25) is 0 Å². The van der Waals surface area contributed by atoms with Gasteiger partial charge in [-0.15, -0.1) is 11.3 Å². The van der Waals surface area contributed by atoms with Crippen molar-refractivity contribution in [2.24, 2.45) is 0 Å². The summed E-state index contributed by atoms with van der Waals surface area (Å²) in [5, 5.41) is 3.52. The molecule has 3 heterocycles. The van der Waals surface area contributed by atoms with Crippen LogP contribution in [0.1, 0.15) is 6.42 Å². The highest BCUT2D eigenvalue weighted by Gasteiger charge is 2.13. The average molecular weight is 446 g/mol. The van der Waals surface area contributed by atoms with Crippen LogP contribution < -0.4 is 5.32 Å². The van der Waals surface area contributed by atoms with Crippen LogP contribution in [0.4, 0.5) is 5.82 Å². The lowest BCUT2D eigenvalue weighted by molar-refractivity contribution is 0.154. The van der Waals surface area contributed by atoms with Crippen LogP contribution in [-0.2, 0) is 0 Å². The van der Waals surface area contributed by atoms with Gasteiger partial charge in [-0.3, -0.25) is 0 Å². The molecule has 5 nitrogen and oxygen atoms in total. The molecule has 0 bridgehead atoms. The number of nitrogens with zero attached hydrogens (tertiary/aromatic N) is 4. The van der Waals surface area contributed by atoms with E-state index < -0.39 is 0 Å². The third-order valence-corrected chi connectivity index (χ3v) is 6.69. The molecule has 4 rings (SSSR count). The van der Waals surface area contributed by atoms with E-state index in [1.165, 1.54) is 36.6 Å². The third kappa shape index (κ3) is 4.66. The van der Waals surface area contributed by atoms with Gasteiger partial charge in [-0.2, -0.15) is 0 Å². The molecule has 0 radical (unpaired) electrons. The zero-order valence-corrected chi connectivity index (χ0v) is 17.9. The first-order chi connectivity index (χ1) is 13.2. The van der Waals surface area contributed by atoms with Crippen LogP contribution in [0.15, 0.2) is 41.1 Å². The number of likely N-dealkylation sites (N-methyl/N-ethyl adjacent to an activating group) is 1. The summed E-state index contributed by atoms with van der Waals surface area (Å²) in [5.74, 6) is 0.951. The van der Waals surface area contributed by atoms with Crippen LogP contribution in [-0.4, -0.2) is 66.1 Å². The molecule has 0 amide bonds. The molecule has 1 aromatic carbocycles. The summed E-state index contributed by atoms with van der Waals surface area (Å²) >= 11 is 5.25. The second-order valence-corrected chi connectivity index (χ2v) is 8.95. The van der Waals surface area contributed by atoms with Crippen molar-refractivity contribution in [3.05, 3.63) is 41.1 Å². The number of rotatable bonds is 6. The Bertz CT molecular complexity index is 887. The van der Waals surface area contributed by atoms with Crippen molar-refractivity contribution in [2.45, 2.75) is 6.42 Å². The zero-order chi connectivity index (χ0) is 18.6. The Hall–Kier alpha value is -1.54. The van der Waals surface area contributed by atoms with Crippen LogP contribution in [0.25, 0.3) is 20.7 Å². The Kier molecular flexibility index (Phi) is 6.02. The van der Waals surface area contributed by atoms with E-state index in [0.717, 1.165) is 40.0 Å². The summed E-state index contributed by atoms with van der Waals surface area (Å²) < 4.78 is 2.23. The van der Waals surface area contributed by atoms with Crippen molar-refractivity contribution in [2.75, 3.05) is 51.6 Å². The number of anilines is 1. The van der Waals surface area contributed by atoms with Gasteiger partial charge in [-0.05, 0) is 43.8 Å². The van der Waals surface area contributed by atoms with Gasteiger partial charge in [0.25, 0.3) is 0 Å². The van der Waals surface area contributed by atoms with Crippen molar-refractivity contribution < 1.29 is 0 Å². The van der Waals surface area contributed by atoms with E-state index in [1.807, 2.05) is 0 Å². The van der Waals surface area contributed by atoms with Gasteiger partial charge in [0.15, 0.2) is 0 Å². The first-order valence-electron chi connectivity index (χ1n) is 9.34. The molecule has 0 atom stereocenters. The van der Waals surface area contributed by atoms with E-state index in [0.29, 0.717) is 0 Å². The van der Waals surface area contributed by atoms with Gasteiger partial charge in [0.05, 0.1) is 10.2 Å². The maximum Gasteiger partial charge on any atom is 0.147 e. The monoisotopic (exact) mass is 445 g/mol. The minimum atomic E-state index is 0.934. The molecule has 142 valence electrons. The van der Waals surface area contributed by atoms with Gasteiger partial charge in [-0.25, -0.2) is 9.97 Å². The van der Waals surface area contributed by atoms with E-state index in [9.17, 15) is 0 Å². The fraction of sp³-hybridized carbons (Fsp3) is 0.400. The predicted molar refractivity (Wildman–Crippen MR) is 118 cm³/mol. The number of benzene rings is 1. The standard InChI is InChI=1S/C20H24BrN5S/c1-25-9-11-26(12-10-25)8-2-7-22-20-19-17(23-14-24-20)13-18(27-19)15-3-5-16(21)6-4-15/h3-6,13-14H,2,7-12H2,1H3,(H,22,23,24). The summed E-state index contributed by atoms with van der Waals surface area (Å²) in [6.07, 6.45) is 2.78. The number of hydrogen-bond acceptors (Lipinski definition) is 6. The van der Waals surface area contributed by atoms with E-state index in [-0.39, 0.29) is 0 Å². The van der Waals surface area contributed by atoms with Crippen molar-refractivity contribution in [1.29, 1.82) is 0 Å². The fourth-order valence-corrected chi connectivity index (χ4v) is 4.66. The zero-order valence-electron chi connectivity index (χ0n) is 15.5. The van der Waals surface area contributed by atoms with Crippen molar-refractivity contribution >= 4 is 43.3 Å². The van der Waals surface area contributed by atoms with Gasteiger partial charge in [-0.1, -0.05) is 28.1 Å². The fourth-order valence-electron chi connectivity index (χ4n) is 3.32. The molecule has 0 saturated carbocycles. The van der Waals surface area contributed by atoms with Crippen molar-refractivity contribution in [3.8, 4) is 10.4 Å². The predicted octanol–water partition coefficient (Wildman–Crippen LogP) is 4.17. The molecule has 27 heavy (non-hydrogen) atoms. The first kappa shape index (κ1) is 18.8. The van der Waals surface area contributed by atoms with E-state index in [4.69, 9.17) is 0 Å². The first-order valence-corrected chi connectivity index (χ1v) is 11.0. The van der Waals surface area contributed by atoms with Gasteiger partial charge in [0, 0.05) is 42.1 Å².